The van der Waals surface area contributed by atoms with Crippen LogP contribution in [0.5, 0.6) is 0 Å². The van der Waals surface area contributed by atoms with Crippen molar-refractivity contribution in [2.45, 2.75) is 13.8 Å². The van der Waals surface area contributed by atoms with E-state index >= 15 is 0 Å². The molecular formula is C15H13N3O. The van der Waals surface area contributed by atoms with Gasteiger partial charge in [0.15, 0.2) is 17.8 Å². The third kappa shape index (κ3) is 1.91. The summed E-state index contributed by atoms with van der Waals surface area (Å²) in [5.74, 6) is 0.684. The molecule has 0 amide bonds. The molecule has 0 fully saturated rings. The van der Waals surface area contributed by atoms with Crippen molar-refractivity contribution in [3.05, 3.63) is 53.2 Å². The van der Waals surface area contributed by atoms with Crippen molar-refractivity contribution in [1.82, 2.24) is 14.6 Å². The second kappa shape index (κ2) is 4.31. The Bertz CT molecular complexity index is 774. The molecule has 0 bridgehead atoms. The molecule has 3 rings (SSSR count). The van der Waals surface area contributed by atoms with Crippen LogP contribution in [0.1, 0.15) is 21.5 Å². The fourth-order valence-electron chi connectivity index (χ4n) is 2.18. The second-order valence-electron chi connectivity index (χ2n) is 4.59. The molecule has 0 N–H and O–H groups in total. The van der Waals surface area contributed by atoms with E-state index in [1.54, 1.807) is 10.7 Å². The van der Waals surface area contributed by atoms with E-state index in [0.717, 1.165) is 28.6 Å². The lowest BCUT2D eigenvalue weighted by atomic mass is 10.1. The van der Waals surface area contributed by atoms with Crippen LogP contribution in [-0.4, -0.2) is 20.9 Å². The summed E-state index contributed by atoms with van der Waals surface area (Å²) in [5, 5.41) is 4.46. The SMILES string of the molecule is Cc1ccccc1-c1nc2c(C)cc(C=O)cn2n1. The Labute approximate surface area is 110 Å². The van der Waals surface area contributed by atoms with Gasteiger partial charge in [0, 0.05) is 17.3 Å². The molecule has 1 aromatic carbocycles. The van der Waals surface area contributed by atoms with Crippen molar-refractivity contribution in [1.29, 1.82) is 0 Å². The lowest BCUT2D eigenvalue weighted by molar-refractivity contribution is 0.112. The van der Waals surface area contributed by atoms with E-state index in [4.69, 9.17) is 0 Å². The van der Waals surface area contributed by atoms with E-state index in [1.165, 1.54) is 0 Å². The Hall–Kier alpha value is -2.49. The van der Waals surface area contributed by atoms with Gasteiger partial charge in [0.1, 0.15) is 0 Å². The van der Waals surface area contributed by atoms with Crippen LogP contribution in [0.25, 0.3) is 17.0 Å². The van der Waals surface area contributed by atoms with E-state index in [2.05, 4.69) is 10.1 Å². The highest BCUT2D eigenvalue weighted by Crippen LogP contribution is 2.21. The zero-order valence-corrected chi connectivity index (χ0v) is 10.8. The van der Waals surface area contributed by atoms with Crippen LogP contribution < -0.4 is 0 Å². The van der Waals surface area contributed by atoms with E-state index in [0.29, 0.717) is 11.4 Å². The number of hydrogen-bond donors (Lipinski definition) is 0. The number of carbonyl (C=O) groups is 1. The summed E-state index contributed by atoms with van der Waals surface area (Å²) in [6, 6.07) is 9.81. The van der Waals surface area contributed by atoms with E-state index in [-0.39, 0.29) is 0 Å². The van der Waals surface area contributed by atoms with Crippen molar-refractivity contribution in [2.24, 2.45) is 0 Å². The summed E-state index contributed by atoms with van der Waals surface area (Å²) in [5.41, 5.74) is 4.47. The van der Waals surface area contributed by atoms with Gasteiger partial charge in [-0.25, -0.2) is 9.50 Å². The van der Waals surface area contributed by atoms with Gasteiger partial charge >= 0.3 is 0 Å². The van der Waals surface area contributed by atoms with Crippen molar-refractivity contribution in [2.75, 3.05) is 0 Å². The highest BCUT2D eigenvalue weighted by molar-refractivity contribution is 5.76. The van der Waals surface area contributed by atoms with E-state index in [1.807, 2.05) is 44.2 Å². The molecule has 0 saturated carbocycles. The highest BCUT2D eigenvalue weighted by Gasteiger charge is 2.10. The minimum Gasteiger partial charge on any atom is -0.298 e. The summed E-state index contributed by atoms with van der Waals surface area (Å²) in [7, 11) is 0. The fourth-order valence-corrected chi connectivity index (χ4v) is 2.18. The smallest absolute Gasteiger partial charge is 0.182 e. The molecule has 0 saturated heterocycles. The third-order valence-electron chi connectivity index (χ3n) is 3.16. The van der Waals surface area contributed by atoms with Crippen molar-refractivity contribution < 1.29 is 4.79 Å². The monoisotopic (exact) mass is 251 g/mol. The summed E-state index contributed by atoms with van der Waals surface area (Å²) in [6.45, 7) is 3.96. The Balaban J connectivity index is 2.25. The second-order valence-corrected chi connectivity index (χ2v) is 4.59. The van der Waals surface area contributed by atoms with Gasteiger partial charge in [-0.2, -0.15) is 0 Å². The van der Waals surface area contributed by atoms with Crippen LogP contribution in [-0.2, 0) is 0 Å². The maximum absolute atomic E-state index is 10.9. The molecule has 0 aliphatic heterocycles. The maximum atomic E-state index is 10.9. The average molecular weight is 251 g/mol. The topological polar surface area (TPSA) is 47.3 Å². The molecule has 0 spiro atoms. The lowest BCUT2D eigenvalue weighted by Crippen LogP contribution is -1.93. The number of carbonyl (C=O) groups excluding carboxylic acids is 1. The van der Waals surface area contributed by atoms with Gasteiger partial charge in [-0.1, -0.05) is 24.3 Å². The van der Waals surface area contributed by atoms with Crippen molar-refractivity contribution in [3.8, 4) is 11.4 Å². The summed E-state index contributed by atoms with van der Waals surface area (Å²) < 4.78 is 1.67. The Kier molecular flexibility index (Phi) is 2.63. The van der Waals surface area contributed by atoms with Crippen LogP contribution >= 0.6 is 0 Å². The summed E-state index contributed by atoms with van der Waals surface area (Å²) in [6.07, 6.45) is 2.52. The van der Waals surface area contributed by atoms with Crippen LogP contribution in [0.2, 0.25) is 0 Å². The molecular weight excluding hydrogens is 238 g/mol. The molecule has 0 aliphatic rings. The molecule has 94 valence electrons. The van der Waals surface area contributed by atoms with Crippen LogP contribution in [0.4, 0.5) is 0 Å². The minimum absolute atomic E-state index is 0.603. The molecule has 3 aromatic rings. The van der Waals surface area contributed by atoms with E-state index in [9.17, 15) is 4.79 Å². The molecule has 19 heavy (non-hydrogen) atoms. The molecule has 0 aliphatic carbocycles. The zero-order chi connectivity index (χ0) is 13.4. The number of pyridine rings is 1. The highest BCUT2D eigenvalue weighted by atomic mass is 16.1. The molecule has 2 heterocycles. The number of benzene rings is 1. The maximum Gasteiger partial charge on any atom is 0.182 e. The van der Waals surface area contributed by atoms with Gasteiger partial charge < -0.3 is 0 Å². The largest absolute Gasteiger partial charge is 0.298 e. The van der Waals surface area contributed by atoms with Gasteiger partial charge in [-0.15, -0.1) is 5.10 Å². The summed E-state index contributed by atoms with van der Waals surface area (Å²) >= 11 is 0. The van der Waals surface area contributed by atoms with Gasteiger partial charge in [-0.05, 0) is 31.0 Å². The van der Waals surface area contributed by atoms with E-state index < -0.39 is 0 Å². The van der Waals surface area contributed by atoms with Crippen LogP contribution in [0, 0.1) is 13.8 Å². The molecule has 0 atom stereocenters. The van der Waals surface area contributed by atoms with Crippen LogP contribution in [0.15, 0.2) is 36.5 Å². The summed E-state index contributed by atoms with van der Waals surface area (Å²) in [4.78, 5) is 15.4. The van der Waals surface area contributed by atoms with Crippen LogP contribution in [0.3, 0.4) is 0 Å². The number of aldehydes is 1. The average Bonchev–Trinajstić information content (AvgIpc) is 2.83. The Morgan fingerprint density at radius 3 is 2.68 bits per heavy atom. The predicted molar refractivity (Wildman–Crippen MR) is 73.3 cm³/mol. The minimum atomic E-state index is 0.603. The third-order valence-corrected chi connectivity index (χ3v) is 3.16. The van der Waals surface area contributed by atoms with Gasteiger partial charge in [0.25, 0.3) is 0 Å². The first-order valence-electron chi connectivity index (χ1n) is 6.07. The number of fused-ring (bicyclic) bond motifs is 1. The van der Waals surface area contributed by atoms with Gasteiger partial charge in [0.2, 0.25) is 0 Å². The predicted octanol–water partition coefficient (Wildman–Crippen LogP) is 2.83. The van der Waals surface area contributed by atoms with Crippen molar-refractivity contribution in [3.63, 3.8) is 0 Å². The number of nitrogens with zero attached hydrogens (tertiary/aromatic N) is 3. The van der Waals surface area contributed by atoms with Gasteiger partial charge in [-0.3, -0.25) is 4.79 Å². The van der Waals surface area contributed by atoms with Crippen molar-refractivity contribution >= 4 is 11.9 Å². The first-order chi connectivity index (χ1) is 9.19. The number of aromatic nitrogens is 3. The molecule has 4 heteroatoms. The zero-order valence-electron chi connectivity index (χ0n) is 10.8. The number of aryl methyl sites for hydroxylation is 2. The molecule has 4 nitrogen and oxygen atoms in total. The quantitative estimate of drug-likeness (QED) is 0.658. The first-order valence-corrected chi connectivity index (χ1v) is 6.07. The standard InChI is InChI=1S/C15H13N3O/c1-10-5-3-4-6-13(10)14-16-15-11(2)7-12(9-19)8-18(15)17-14/h3-9H,1-2H3. The molecule has 2 aromatic heterocycles. The number of hydrogen-bond acceptors (Lipinski definition) is 3. The molecule has 0 unspecified atom stereocenters. The molecule has 0 radical (unpaired) electrons. The lowest BCUT2D eigenvalue weighted by Gasteiger charge is -1.98. The number of rotatable bonds is 2. The Morgan fingerprint density at radius 1 is 1.16 bits per heavy atom. The van der Waals surface area contributed by atoms with Gasteiger partial charge in [0.05, 0.1) is 0 Å². The normalized spacial score (nSPS) is 10.8. The first kappa shape index (κ1) is 11.6. The fraction of sp³-hybridized carbons (Fsp3) is 0.133. The Morgan fingerprint density at radius 2 is 1.95 bits per heavy atom.